The number of hydrogen-bond donors (Lipinski definition) is 2. The van der Waals surface area contributed by atoms with Gasteiger partial charge in [-0.2, -0.15) is 0 Å². The number of likely N-dealkylation sites (tertiary alicyclic amines) is 1. The number of para-hydroxylation sites is 1. The van der Waals surface area contributed by atoms with E-state index in [-0.39, 0.29) is 12.7 Å². The molecule has 38 heavy (non-hydrogen) atoms. The second kappa shape index (κ2) is 14.5. The molecule has 1 aliphatic rings. The molecule has 2 N–H and O–H groups in total. The number of hydrogen-bond acceptors (Lipinski definition) is 5. The van der Waals surface area contributed by atoms with E-state index in [1.165, 1.54) is 16.5 Å². The van der Waals surface area contributed by atoms with E-state index in [0.717, 1.165) is 49.4 Å². The molecule has 4 rings (SSSR count). The highest BCUT2D eigenvalue weighted by atomic mass is 16.7. The molecule has 0 unspecified atom stereocenters. The lowest BCUT2D eigenvalue weighted by Gasteiger charge is -2.31. The number of piperidine rings is 1. The lowest BCUT2D eigenvalue weighted by Crippen LogP contribution is -2.38. The Bertz CT molecular complexity index is 1220. The van der Waals surface area contributed by atoms with Gasteiger partial charge in [-0.3, -0.25) is 4.79 Å². The van der Waals surface area contributed by atoms with Crippen molar-refractivity contribution in [3.63, 3.8) is 0 Å². The summed E-state index contributed by atoms with van der Waals surface area (Å²) in [5, 5.41) is 4.34. The number of aryl methyl sites for hydroxylation is 1. The number of benzene rings is 2. The Morgan fingerprint density at radius 1 is 1.13 bits per heavy atom. The maximum absolute atomic E-state index is 12.2. The van der Waals surface area contributed by atoms with Gasteiger partial charge in [0.25, 0.3) is 0 Å². The van der Waals surface area contributed by atoms with E-state index in [2.05, 4.69) is 45.7 Å². The molecule has 202 valence electrons. The van der Waals surface area contributed by atoms with Crippen LogP contribution in [-0.4, -0.2) is 69.1 Å². The molecular formula is C31H39N3O4. The third-order valence-electron chi connectivity index (χ3n) is 6.95. The summed E-state index contributed by atoms with van der Waals surface area (Å²) in [5.41, 5.74) is 4.72. The van der Waals surface area contributed by atoms with Gasteiger partial charge in [0.2, 0.25) is 5.91 Å². The average molecular weight is 518 g/mol. The van der Waals surface area contributed by atoms with Crippen LogP contribution < -0.4 is 10.1 Å². The number of aromatic amines is 1. The molecule has 0 atom stereocenters. The summed E-state index contributed by atoms with van der Waals surface area (Å²) in [4.78, 5) is 18.0. The fraction of sp³-hybridized carbons (Fsp3) is 0.387. The summed E-state index contributed by atoms with van der Waals surface area (Å²) >= 11 is 0. The minimum Gasteiger partial charge on any atom is -0.467 e. The van der Waals surface area contributed by atoms with Gasteiger partial charge in [-0.15, -0.1) is 0 Å². The summed E-state index contributed by atoms with van der Waals surface area (Å²) in [6.07, 6.45) is 11.7. The molecule has 0 radical (unpaired) electrons. The Hall–Kier alpha value is -3.39. The van der Waals surface area contributed by atoms with Crippen molar-refractivity contribution in [2.75, 3.05) is 53.3 Å². The third-order valence-corrected chi connectivity index (χ3v) is 6.95. The monoisotopic (exact) mass is 517 g/mol. The number of nitrogens with one attached hydrogen (secondary N) is 2. The van der Waals surface area contributed by atoms with E-state index >= 15 is 0 Å². The molecule has 7 heteroatoms. The molecule has 0 saturated carbocycles. The highest BCUT2D eigenvalue weighted by Crippen LogP contribution is 2.32. The fourth-order valence-electron chi connectivity index (χ4n) is 4.85. The highest BCUT2D eigenvalue weighted by molar-refractivity contribution is 5.87. The van der Waals surface area contributed by atoms with Crippen LogP contribution in [0.2, 0.25) is 0 Å². The van der Waals surface area contributed by atoms with E-state index in [0.29, 0.717) is 25.7 Å². The fourth-order valence-corrected chi connectivity index (χ4v) is 4.85. The van der Waals surface area contributed by atoms with Crippen LogP contribution in [0.4, 0.5) is 0 Å². The van der Waals surface area contributed by atoms with Crippen molar-refractivity contribution in [2.24, 2.45) is 0 Å². The number of H-pyrrole nitrogens is 1. The van der Waals surface area contributed by atoms with Crippen LogP contribution in [0.1, 0.15) is 35.4 Å². The van der Waals surface area contributed by atoms with Crippen molar-refractivity contribution < 1.29 is 19.0 Å². The van der Waals surface area contributed by atoms with E-state index < -0.39 is 0 Å². The highest BCUT2D eigenvalue weighted by Gasteiger charge is 2.22. The summed E-state index contributed by atoms with van der Waals surface area (Å²) in [7, 11) is 1.64. The first-order valence-corrected chi connectivity index (χ1v) is 13.3. The third kappa shape index (κ3) is 8.05. The molecule has 1 fully saturated rings. The molecule has 3 aromatic rings. The molecule has 1 amide bonds. The van der Waals surface area contributed by atoms with E-state index in [9.17, 15) is 4.79 Å². The number of carbonyl (C=O) groups excluding carboxylic acids is 1. The van der Waals surface area contributed by atoms with Crippen LogP contribution in [-0.2, 0) is 14.3 Å². The number of rotatable bonds is 13. The van der Waals surface area contributed by atoms with Gasteiger partial charge < -0.3 is 29.4 Å². The van der Waals surface area contributed by atoms with Crippen molar-refractivity contribution in [1.29, 1.82) is 0 Å². The zero-order valence-corrected chi connectivity index (χ0v) is 22.4. The first-order chi connectivity index (χ1) is 18.6. The van der Waals surface area contributed by atoms with Crippen molar-refractivity contribution >= 4 is 22.9 Å². The Labute approximate surface area is 225 Å². The molecular weight excluding hydrogens is 478 g/mol. The quantitative estimate of drug-likeness (QED) is 0.144. The topological polar surface area (TPSA) is 75.8 Å². The maximum Gasteiger partial charge on any atom is 0.244 e. The van der Waals surface area contributed by atoms with Crippen LogP contribution in [0, 0.1) is 6.92 Å². The van der Waals surface area contributed by atoms with Crippen LogP contribution >= 0.6 is 0 Å². The van der Waals surface area contributed by atoms with Crippen LogP contribution in [0.3, 0.4) is 0 Å². The molecule has 1 aromatic heterocycles. The van der Waals surface area contributed by atoms with Gasteiger partial charge >= 0.3 is 0 Å². The van der Waals surface area contributed by atoms with Gasteiger partial charge in [-0.25, -0.2) is 0 Å². The van der Waals surface area contributed by atoms with Crippen molar-refractivity contribution in [3.8, 4) is 5.75 Å². The number of allylic oxidation sites excluding steroid dienone is 2. The first-order valence-electron chi connectivity index (χ1n) is 13.3. The molecule has 0 aliphatic carbocycles. The van der Waals surface area contributed by atoms with Crippen LogP contribution in [0.25, 0.3) is 17.0 Å². The van der Waals surface area contributed by atoms with Gasteiger partial charge in [0.1, 0.15) is 5.75 Å². The summed E-state index contributed by atoms with van der Waals surface area (Å²) in [6.45, 7) is 6.88. The summed E-state index contributed by atoms with van der Waals surface area (Å²) in [5.74, 6) is 1.31. The average Bonchev–Trinajstić information content (AvgIpc) is 3.37. The number of nitrogens with zero attached hydrogens (tertiary/aromatic N) is 1. The SMILES string of the molecule is COCCOCOc1ccc(C=CC=CC(=O)NCCN2CCC(c3c[nH]c4ccccc34)CC2)cc1C. The number of carbonyl (C=O) groups is 1. The minimum atomic E-state index is -0.0725. The zero-order chi connectivity index (χ0) is 26.6. The smallest absolute Gasteiger partial charge is 0.244 e. The largest absolute Gasteiger partial charge is 0.467 e. The summed E-state index contributed by atoms with van der Waals surface area (Å²) in [6, 6.07) is 14.5. The first kappa shape index (κ1) is 27.6. The Morgan fingerprint density at radius 3 is 2.79 bits per heavy atom. The summed E-state index contributed by atoms with van der Waals surface area (Å²) < 4.78 is 15.9. The van der Waals surface area contributed by atoms with Gasteiger partial charge in [0, 0.05) is 43.4 Å². The van der Waals surface area contributed by atoms with Gasteiger partial charge in [-0.05, 0) is 73.7 Å². The second-order valence-electron chi connectivity index (χ2n) is 9.60. The lowest BCUT2D eigenvalue weighted by atomic mass is 9.89. The number of fused-ring (bicyclic) bond motifs is 1. The Balaban J connectivity index is 1.12. The van der Waals surface area contributed by atoms with Crippen molar-refractivity contribution in [2.45, 2.75) is 25.7 Å². The molecule has 1 saturated heterocycles. The van der Waals surface area contributed by atoms with Gasteiger partial charge in [0.15, 0.2) is 6.79 Å². The molecule has 1 aliphatic heterocycles. The van der Waals surface area contributed by atoms with Crippen LogP contribution in [0.5, 0.6) is 5.75 Å². The van der Waals surface area contributed by atoms with E-state index in [1.54, 1.807) is 19.3 Å². The van der Waals surface area contributed by atoms with Gasteiger partial charge in [0.05, 0.1) is 13.2 Å². The Kier molecular flexibility index (Phi) is 10.6. The van der Waals surface area contributed by atoms with Gasteiger partial charge in [-0.1, -0.05) is 42.5 Å². The van der Waals surface area contributed by atoms with E-state index in [4.69, 9.17) is 14.2 Å². The normalized spacial score (nSPS) is 15.1. The maximum atomic E-state index is 12.2. The lowest BCUT2D eigenvalue weighted by molar-refractivity contribution is -0.116. The Morgan fingerprint density at radius 2 is 1.97 bits per heavy atom. The van der Waals surface area contributed by atoms with Crippen LogP contribution in [0.15, 0.2) is 66.9 Å². The van der Waals surface area contributed by atoms with Crippen molar-refractivity contribution in [3.05, 3.63) is 83.6 Å². The molecule has 0 bridgehead atoms. The zero-order valence-electron chi connectivity index (χ0n) is 22.4. The molecule has 2 heterocycles. The number of ether oxygens (including phenoxy) is 3. The molecule has 2 aromatic carbocycles. The predicted octanol–water partition coefficient (Wildman–Crippen LogP) is 5.04. The standard InChI is InChI=1S/C31H39N3O4/c1-24-21-25(11-12-30(24)38-23-37-20-19-36-2)7-3-6-10-31(35)32-15-18-34-16-13-26(14-17-34)28-22-33-29-9-5-4-8-27(28)29/h3-12,21-22,26,33H,13-20,23H2,1-2H3,(H,32,35). The minimum absolute atomic E-state index is 0.0725. The number of aromatic nitrogens is 1. The number of methoxy groups -OCH3 is 1. The van der Waals surface area contributed by atoms with Crippen molar-refractivity contribution in [1.82, 2.24) is 15.2 Å². The number of amides is 1. The second-order valence-corrected chi connectivity index (χ2v) is 9.60. The predicted molar refractivity (Wildman–Crippen MR) is 152 cm³/mol. The molecule has 7 nitrogen and oxygen atoms in total. The molecule has 0 spiro atoms. The van der Waals surface area contributed by atoms with E-state index in [1.807, 2.05) is 37.3 Å².